The van der Waals surface area contributed by atoms with Gasteiger partial charge in [-0.3, -0.25) is 4.79 Å². The summed E-state index contributed by atoms with van der Waals surface area (Å²) in [4.78, 5) is 27.5. The van der Waals surface area contributed by atoms with Gasteiger partial charge in [0.05, 0.1) is 12.2 Å². The van der Waals surface area contributed by atoms with Crippen molar-refractivity contribution in [3.63, 3.8) is 0 Å². The lowest BCUT2D eigenvalue weighted by Crippen LogP contribution is -2.41. The molecule has 1 aliphatic heterocycles. The molecular weight excluding hydrogens is 499 g/mol. The molecule has 0 aliphatic carbocycles. The van der Waals surface area contributed by atoms with E-state index >= 15 is 0 Å². The van der Waals surface area contributed by atoms with Crippen LogP contribution >= 0.6 is 21.6 Å². The van der Waals surface area contributed by atoms with E-state index in [0.717, 1.165) is 9.81 Å². The van der Waals surface area contributed by atoms with E-state index < -0.39 is 14.3 Å². The molecule has 0 fully saturated rings. The summed E-state index contributed by atoms with van der Waals surface area (Å²) in [6.45, 7) is 12.1. The molecule has 2 aromatic carbocycles. The van der Waals surface area contributed by atoms with Crippen LogP contribution in [-0.2, 0) is 4.43 Å². The Morgan fingerprint density at radius 2 is 1.54 bits per heavy atom. The number of phenolic OH excluding ortho intramolecular Hbond substituents is 1. The minimum absolute atomic E-state index is 0.0311. The maximum atomic E-state index is 12.8. The van der Waals surface area contributed by atoms with Gasteiger partial charge in [-0.1, -0.05) is 66.6 Å². The van der Waals surface area contributed by atoms with E-state index in [1.807, 2.05) is 12.2 Å². The minimum atomic E-state index is -1.81. The number of esters is 1. The van der Waals surface area contributed by atoms with Crippen molar-refractivity contribution in [1.82, 2.24) is 5.32 Å². The zero-order valence-electron chi connectivity index (χ0n) is 20.6. The van der Waals surface area contributed by atoms with Gasteiger partial charge in [-0.05, 0) is 54.5 Å². The molecule has 1 aliphatic rings. The fourth-order valence-electron chi connectivity index (χ4n) is 2.78. The Labute approximate surface area is 215 Å². The highest BCUT2D eigenvalue weighted by atomic mass is 33.1. The quantitative estimate of drug-likeness (QED) is 0.174. The summed E-state index contributed by atoms with van der Waals surface area (Å²) in [5, 5.41) is 12.9. The van der Waals surface area contributed by atoms with E-state index in [4.69, 9.17) is 9.16 Å². The molecule has 186 valence electrons. The number of aromatic hydroxyl groups is 1. The summed E-state index contributed by atoms with van der Waals surface area (Å²) in [6.07, 6.45) is 4.04. The van der Waals surface area contributed by atoms with Crippen molar-refractivity contribution in [3.05, 3.63) is 81.6 Å². The number of benzene rings is 2. The van der Waals surface area contributed by atoms with Gasteiger partial charge in [-0.2, -0.15) is 0 Å². The fourth-order valence-corrected chi connectivity index (χ4v) is 5.83. The molecule has 2 N–H and O–H groups in total. The number of ether oxygens (including phenoxy) is 1. The third kappa shape index (κ3) is 7.27. The number of carbonyl (C=O) groups is 2. The molecule has 9 heteroatoms. The normalized spacial score (nSPS) is 14.1. The molecule has 0 saturated heterocycles. The molecule has 0 saturated carbocycles. The number of amides is 1. The number of para-hydroxylation sites is 2. The largest absolute Gasteiger partial charge is 0.507 e. The summed E-state index contributed by atoms with van der Waals surface area (Å²) >= 11 is 0. The van der Waals surface area contributed by atoms with E-state index in [0.29, 0.717) is 13.2 Å². The number of carbonyl (C=O) groups excluding carboxylic acids is 2. The van der Waals surface area contributed by atoms with E-state index in [-0.39, 0.29) is 33.6 Å². The number of rotatable bonds is 8. The summed E-state index contributed by atoms with van der Waals surface area (Å²) in [5.41, 5.74) is 0.271. The molecule has 6 nitrogen and oxygen atoms in total. The topological polar surface area (TPSA) is 84.9 Å². The lowest BCUT2D eigenvalue weighted by atomic mass is 10.1. The lowest BCUT2D eigenvalue weighted by Gasteiger charge is -2.36. The average molecular weight is 530 g/mol. The standard InChI is InChI=1S/C26H31NO5S2Si/c1-26(2,3)35(4,5)31-17-19-15-14-18(33-34-19)16-27-24(29)21-11-7-9-13-23(21)32-25(30)20-10-6-8-12-22(20)28/h6-15,28H,16-17H2,1-5H3,(H,27,29). The Balaban J connectivity index is 1.59. The maximum Gasteiger partial charge on any atom is 0.347 e. The van der Waals surface area contributed by atoms with Crippen LogP contribution in [0.4, 0.5) is 0 Å². The molecule has 0 atom stereocenters. The summed E-state index contributed by atoms with van der Waals surface area (Å²) in [5.74, 6) is -1.14. The zero-order valence-corrected chi connectivity index (χ0v) is 23.2. The molecule has 0 bridgehead atoms. The Hall–Kier alpha value is -2.46. The Morgan fingerprint density at radius 1 is 0.943 bits per heavy atom. The number of allylic oxidation sites excluding steroid dienone is 2. The van der Waals surface area contributed by atoms with Crippen LogP contribution in [0.3, 0.4) is 0 Å². The summed E-state index contributed by atoms with van der Waals surface area (Å²) in [7, 11) is 1.43. The summed E-state index contributed by atoms with van der Waals surface area (Å²) < 4.78 is 11.7. The molecule has 1 amide bonds. The molecule has 1 heterocycles. The lowest BCUT2D eigenvalue weighted by molar-refractivity contribution is 0.0729. The number of hydrogen-bond acceptors (Lipinski definition) is 7. The number of nitrogens with one attached hydrogen (secondary N) is 1. The second-order valence-corrected chi connectivity index (χ2v) is 16.8. The molecule has 35 heavy (non-hydrogen) atoms. The highest BCUT2D eigenvalue weighted by Crippen LogP contribution is 2.42. The molecule has 0 radical (unpaired) electrons. The number of phenols is 1. The van der Waals surface area contributed by atoms with Crippen LogP contribution in [0.2, 0.25) is 18.1 Å². The third-order valence-electron chi connectivity index (χ3n) is 5.97. The highest BCUT2D eigenvalue weighted by Gasteiger charge is 2.37. The first kappa shape index (κ1) is 27.1. The zero-order chi connectivity index (χ0) is 25.6. The fraction of sp³-hybridized carbons (Fsp3) is 0.308. The van der Waals surface area contributed by atoms with Crippen LogP contribution in [0.25, 0.3) is 0 Å². The van der Waals surface area contributed by atoms with Crippen LogP contribution in [-0.4, -0.2) is 38.5 Å². The van der Waals surface area contributed by atoms with Gasteiger partial charge in [0.2, 0.25) is 0 Å². The maximum absolute atomic E-state index is 12.8. The van der Waals surface area contributed by atoms with Crippen LogP contribution in [0.1, 0.15) is 41.5 Å². The molecule has 2 aromatic rings. The monoisotopic (exact) mass is 529 g/mol. The van der Waals surface area contributed by atoms with E-state index in [2.05, 4.69) is 39.2 Å². The molecule has 0 spiro atoms. The smallest absolute Gasteiger partial charge is 0.347 e. The van der Waals surface area contributed by atoms with Crippen LogP contribution in [0.15, 0.2) is 70.5 Å². The van der Waals surface area contributed by atoms with Gasteiger partial charge in [-0.15, -0.1) is 0 Å². The van der Waals surface area contributed by atoms with Gasteiger partial charge in [0, 0.05) is 16.4 Å². The van der Waals surface area contributed by atoms with Crippen LogP contribution in [0, 0.1) is 0 Å². The Bertz CT molecular complexity index is 1150. The van der Waals surface area contributed by atoms with Crippen molar-refractivity contribution in [2.24, 2.45) is 0 Å². The van der Waals surface area contributed by atoms with Gasteiger partial charge < -0.3 is 19.6 Å². The second-order valence-electron chi connectivity index (χ2n) is 9.57. The van der Waals surface area contributed by atoms with E-state index in [1.54, 1.807) is 58.0 Å². The van der Waals surface area contributed by atoms with Crippen molar-refractivity contribution >= 4 is 41.8 Å². The highest BCUT2D eigenvalue weighted by molar-refractivity contribution is 8.79. The predicted octanol–water partition coefficient (Wildman–Crippen LogP) is 6.53. The van der Waals surface area contributed by atoms with Crippen molar-refractivity contribution in [1.29, 1.82) is 0 Å². The number of hydrogen-bond donors (Lipinski definition) is 2. The predicted molar refractivity (Wildman–Crippen MR) is 146 cm³/mol. The third-order valence-corrected chi connectivity index (χ3v) is 13.0. The average Bonchev–Trinajstić information content (AvgIpc) is 2.82. The molecule has 3 rings (SSSR count). The Kier molecular flexibility index (Phi) is 8.93. The van der Waals surface area contributed by atoms with Crippen LogP contribution in [0.5, 0.6) is 11.5 Å². The van der Waals surface area contributed by atoms with Gasteiger partial charge in [0.15, 0.2) is 8.32 Å². The van der Waals surface area contributed by atoms with Gasteiger partial charge >= 0.3 is 5.97 Å². The van der Waals surface area contributed by atoms with Crippen molar-refractivity contribution in [3.8, 4) is 11.5 Å². The first-order valence-corrected chi connectivity index (χ1v) is 16.3. The van der Waals surface area contributed by atoms with E-state index in [1.165, 1.54) is 12.1 Å². The molecular formula is C26H31NO5S2Si. The Morgan fingerprint density at radius 3 is 2.17 bits per heavy atom. The van der Waals surface area contributed by atoms with Gasteiger partial charge in [0.1, 0.15) is 17.1 Å². The minimum Gasteiger partial charge on any atom is -0.507 e. The SMILES string of the molecule is CC(C)(C)[Si](C)(C)OCC1=CC=C(CNC(=O)c2ccccc2OC(=O)c2ccccc2O)SS1. The molecule has 0 aromatic heterocycles. The van der Waals surface area contributed by atoms with Crippen molar-refractivity contribution < 1.29 is 23.9 Å². The second kappa shape index (κ2) is 11.5. The van der Waals surface area contributed by atoms with E-state index in [9.17, 15) is 14.7 Å². The van der Waals surface area contributed by atoms with Gasteiger partial charge in [0.25, 0.3) is 5.91 Å². The first-order chi connectivity index (χ1) is 16.5. The summed E-state index contributed by atoms with van der Waals surface area (Å²) in [6, 6.07) is 12.6. The van der Waals surface area contributed by atoms with Gasteiger partial charge in [-0.25, -0.2) is 4.79 Å². The first-order valence-electron chi connectivity index (χ1n) is 11.2. The van der Waals surface area contributed by atoms with Crippen molar-refractivity contribution in [2.45, 2.75) is 38.9 Å². The van der Waals surface area contributed by atoms with Crippen molar-refractivity contribution in [2.75, 3.05) is 13.2 Å². The molecule has 0 unspecified atom stereocenters. The van der Waals surface area contributed by atoms with Crippen LogP contribution < -0.4 is 10.1 Å².